The molecule has 2 N–H and O–H groups in total. The maximum atomic E-state index is 12.5. The molecule has 0 spiro atoms. The van der Waals surface area contributed by atoms with Crippen LogP contribution in [0.3, 0.4) is 0 Å². The maximum Gasteiger partial charge on any atom is 0.271 e. The molecule has 0 saturated carbocycles. The molecular weight excluding hydrogens is 403 g/mol. The summed E-state index contributed by atoms with van der Waals surface area (Å²) in [6.07, 6.45) is 0.701. The van der Waals surface area contributed by atoms with Crippen molar-refractivity contribution in [2.75, 3.05) is 39.3 Å². The lowest BCUT2D eigenvalue weighted by atomic mass is 10.1. The number of halogens is 2. The summed E-state index contributed by atoms with van der Waals surface area (Å²) in [6, 6.07) is 2.51. The second kappa shape index (κ2) is 11.0. The number of non-ortho nitro benzene ring substituents is 1. The molecule has 0 aliphatic carbocycles. The number of nitrogens with zero attached hydrogens (tertiary/aromatic N) is 2. The average Bonchev–Trinajstić information content (AvgIpc) is 2.54. The summed E-state index contributed by atoms with van der Waals surface area (Å²) in [5.41, 5.74) is 0.917. The molecule has 0 bridgehead atoms. The van der Waals surface area contributed by atoms with Crippen molar-refractivity contribution >= 4 is 40.5 Å². The maximum absolute atomic E-state index is 12.5. The summed E-state index contributed by atoms with van der Waals surface area (Å²) in [5.74, 6) is 0. The van der Waals surface area contributed by atoms with Gasteiger partial charge in [0.1, 0.15) is 0 Å². The van der Waals surface area contributed by atoms with Crippen LogP contribution in [0.5, 0.6) is 0 Å². The smallest absolute Gasteiger partial charge is 0.271 e. The number of rotatable bonds is 7. The quantitative estimate of drug-likeness (QED) is 0.388. The zero-order chi connectivity index (χ0) is 17.7. The van der Waals surface area contributed by atoms with E-state index in [9.17, 15) is 18.5 Å². The first-order chi connectivity index (χ1) is 11.3. The Morgan fingerprint density at radius 3 is 2.42 bits per heavy atom. The van der Waals surface area contributed by atoms with Crippen LogP contribution in [0.15, 0.2) is 17.0 Å². The number of nitro groups is 1. The minimum atomic E-state index is -3.76. The van der Waals surface area contributed by atoms with Crippen molar-refractivity contribution in [3.05, 3.63) is 33.4 Å². The monoisotopic (exact) mass is 428 g/mol. The number of piperazine rings is 1. The summed E-state index contributed by atoms with van der Waals surface area (Å²) in [5, 5.41) is 14.2. The summed E-state index contributed by atoms with van der Waals surface area (Å²) in [4.78, 5) is 12.7. The van der Waals surface area contributed by atoms with Crippen LogP contribution >= 0.6 is 24.8 Å². The van der Waals surface area contributed by atoms with Gasteiger partial charge < -0.3 is 10.2 Å². The molecule has 26 heavy (non-hydrogen) atoms. The SMILES string of the molecule is Cc1cc([N+](=O)[O-])cc(S(=O)(=O)NCCCN2CCNCC2)c1C.Cl.Cl. The van der Waals surface area contributed by atoms with E-state index in [4.69, 9.17) is 0 Å². The van der Waals surface area contributed by atoms with E-state index in [0.717, 1.165) is 38.8 Å². The number of hydrogen-bond acceptors (Lipinski definition) is 6. The van der Waals surface area contributed by atoms with Crippen molar-refractivity contribution < 1.29 is 13.3 Å². The molecule has 2 rings (SSSR count). The zero-order valence-electron chi connectivity index (χ0n) is 14.9. The van der Waals surface area contributed by atoms with Crippen molar-refractivity contribution in [1.29, 1.82) is 0 Å². The number of hydrogen-bond donors (Lipinski definition) is 2. The lowest BCUT2D eigenvalue weighted by Gasteiger charge is -2.27. The minimum absolute atomic E-state index is 0. The van der Waals surface area contributed by atoms with Crippen LogP contribution in [0.4, 0.5) is 5.69 Å². The molecule has 1 saturated heterocycles. The highest BCUT2D eigenvalue weighted by Crippen LogP contribution is 2.25. The van der Waals surface area contributed by atoms with Crippen molar-refractivity contribution in [2.45, 2.75) is 25.2 Å². The first-order valence-corrected chi connectivity index (χ1v) is 9.48. The fourth-order valence-electron chi connectivity index (χ4n) is 2.71. The summed E-state index contributed by atoms with van der Waals surface area (Å²) in [7, 11) is -3.76. The van der Waals surface area contributed by atoms with Crippen LogP contribution in [0.25, 0.3) is 0 Å². The molecule has 0 radical (unpaired) electrons. The van der Waals surface area contributed by atoms with E-state index in [2.05, 4.69) is 14.9 Å². The number of nitrogens with one attached hydrogen (secondary N) is 2. The first-order valence-electron chi connectivity index (χ1n) is 7.99. The van der Waals surface area contributed by atoms with Crippen molar-refractivity contribution in [3.8, 4) is 0 Å². The zero-order valence-corrected chi connectivity index (χ0v) is 17.3. The highest BCUT2D eigenvalue weighted by Gasteiger charge is 2.22. The third kappa shape index (κ3) is 6.64. The Morgan fingerprint density at radius 2 is 1.85 bits per heavy atom. The van der Waals surface area contributed by atoms with Crippen LogP contribution < -0.4 is 10.0 Å². The molecule has 150 valence electrons. The summed E-state index contributed by atoms with van der Waals surface area (Å²) in [6.45, 7) is 8.33. The Kier molecular flexibility index (Phi) is 10.6. The van der Waals surface area contributed by atoms with Gasteiger partial charge in [0, 0.05) is 44.9 Å². The normalized spacial score (nSPS) is 15.0. The van der Waals surface area contributed by atoms with Gasteiger partial charge in [0.2, 0.25) is 10.0 Å². The molecule has 1 aliphatic rings. The predicted molar refractivity (Wildman–Crippen MR) is 106 cm³/mol. The van der Waals surface area contributed by atoms with Crippen molar-refractivity contribution in [3.63, 3.8) is 0 Å². The van der Waals surface area contributed by atoms with E-state index >= 15 is 0 Å². The Labute approximate surface area is 166 Å². The van der Waals surface area contributed by atoms with Gasteiger partial charge in [0.15, 0.2) is 0 Å². The first kappa shape index (κ1) is 25.0. The van der Waals surface area contributed by atoms with Crippen LogP contribution in [-0.2, 0) is 10.0 Å². The lowest BCUT2D eigenvalue weighted by molar-refractivity contribution is -0.385. The molecule has 1 aromatic rings. The molecule has 1 heterocycles. The van der Waals surface area contributed by atoms with Crippen molar-refractivity contribution in [2.24, 2.45) is 0 Å². The lowest BCUT2D eigenvalue weighted by Crippen LogP contribution is -2.44. The molecule has 0 unspecified atom stereocenters. The van der Waals surface area contributed by atoms with Crippen LogP contribution in [0.2, 0.25) is 0 Å². The van der Waals surface area contributed by atoms with Gasteiger partial charge in [0.25, 0.3) is 5.69 Å². The largest absolute Gasteiger partial charge is 0.314 e. The molecule has 8 nitrogen and oxygen atoms in total. The van der Waals surface area contributed by atoms with Gasteiger partial charge in [-0.25, -0.2) is 13.1 Å². The van der Waals surface area contributed by atoms with Gasteiger partial charge in [-0.1, -0.05) is 0 Å². The number of sulfonamides is 1. The number of nitro benzene ring substituents is 1. The molecule has 1 fully saturated rings. The van der Waals surface area contributed by atoms with Gasteiger partial charge in [-0.15, -0.1) is 24.8 Å². The molecule has 0 atom stereocenters. The van der Waals surface area contributed by atoms with E-state index in [-0.39, 0.29) is 35.4 Å². The van der Waals surface area contributed by atoms with E-state index in [1.54, 1.807) is 13.8 Å². The highest BCUT2D eigenvalue weighted by atomic mass is 35.5. The Hall–Kier alpha value is -0.970. The predicted octanol–water partition coefficient (Wildman–Crippen LogP) is 1.63. The molecular formula is C15H26Cl2N4O4S. The van der Waals surface area contributed by atoms with Crippen molar-refractivity contribution in [1.82, 2.24) is 14.9 Å². The van der Waals surface area contributed by atoms with Crippen LogP contribution in [0, 0.1) is 24.0 Å². The van der Waals surface area contributed by atoms with Gasteiger partial charge in [-0.05, 0) is 37.9 Å². The van der Waals surface area contributed by atoms with Gasteiger partial charge >= 0.3 is 0 Å². The van der Waals surface area contributed by atoms with Crippen LogP contribution in [0.1, 0.15) is 17.5 Å². The number of aryl methyl sites for hydroxylation is 1. The topological polar surface area (TPSA) is 105 Å². The third-order valence-corrected chi connectivity index (χ3v) is 5.84. The standard InChI is InChI=1S/C15H24N4O4S.2ClH/c1-12-10-14(19(20)21)11-15(13(12)2)24(22,23)17-4-3-7-18-8-5-16-6-9-18;;/h10-11,16-17H,3-9H2,1-2H3;2*1H. The Bertz CT molecular complexity index is 710. The van der Waals surface area contributed by atoms with Gasteiger partial charge in [-0.3, -0.25) is 10.1 Å². The molecule has 0 aromatic heterocycles. The van der Waals surface area contributed by atoms with E-state index in [1.165, 1.54) is 6.07 Å². The summed E-state index contributed by atoms with van der Waals surface area (Å²) < 4.78 is 27.5. The minimum Gasteiger partial charge on any atom is -0.314 e. The third-order valence-electron chi connectivity index (χ3n) is 4.26. The van der Waals surface area contributed by atoms with E-state index in [1.807, 2.05) is 0 Å². The van der Waals surface area contributed by atoms with Crippen LogP contribution in [-0.4, -0.2) is 57.5 Å². The van der Waals surface area contributed by atoms with E-state index < -0.39 is 14.9 Å². The molecule has 11 heteroatoms. The van der Waals surface area contributed by atoms with Gasteiger partial charge in [-0.2, -0.15) is 0 Å². The summed E-state index contributed by atoms with van der Waals surface area (Å²) >= 11 is 0. The fourth-order valence-corrected chi connectivity index (χ4v) is 4.12. The van der Waals surface area contributed by atoms with Gasteiger partial charge in [0.05, 0.1) is 9.82 Å². The molecule has 1 aliphatic heterocycles. The van der Waals surface area contributed by atoms with E-state index in [0.29, 0.717) is 24.1 Å². The Balaban J connectivity index is 0.00000312. The number of benzene rings is 1. The second-order valence-corrected chi connectivity index (χ2v) is 7.72. The average molecular weight is 429 g/mol. The Morgan fingerprint density at radius 1 is 1.23 bits per heavy atom. The molecule has 1 aromatic carbocycles. The highest BCUT2D eigenvalue weighted by molar-refractivity contribution is 7.89. The fraction of sp³-hybridized carbons (Fsp3) is 0.600. The molecule has 0 amide bonds. The second-order valence-electron chi connectivity index (χ2n) is 5.99.